The standard InChI is InChI=1S/C20H21N5O2S/c1-2-25-19(16-8-4-3-5-9-16)22-23-20(25)28-15-18(26)24(12-7-11-21)14-17-10-6-13-27-17/h3-6,8-10,13H,2,7,12,14-15H2,1H3. The first kappa shape index (κ1) is 19.7. The second-order valence-corrected chi connectivity index (χ2v) is 6.95. The Morgan fingerprint density at radius 2 is 2.07 bits per heavy atom. The van der Waals surface area contributed by atoms with Crippen LogP contribution in [0.15, 0.2) is 58.3 Å². The summed E-state index contributed by atoms with van der Waals surface area (Å²) in [6.45, 7) is 3.45. The molecule has 0 aliphatic rings. The van der Waals surface area contributed by atoms with Gasteiger partial charge in [0.15, 0.2) is 11.0 Å². The summed E-state index contributed by atoms with van der Waals surface area (Å²) < 4.78 is 7.34. The summed E-state index contributed by atoms with van der Waals surface area (Å²) >= 11 is 1.35. The number of nitrogens with zero attached hydrogens (tertiary/aromatic N) is 5. The van der Waals surface area contributed by atoms with E-state index in [0.29, 0.717) is 30.6 Å². The molecule has 0 aliphatic heterocycles. The fraction of sp³-hybridized carbons (Fsp3) is 0.300. The number of furan rings is 1. The molecule has 0 radical (unpaired) electrons. The van der Waals surface area contributed by atoms with Crippen LogP contribution < -0.4 is 0 Å². The maximum absolute atomic E-state index is 12.7. The Labute approximate surface area is 168 Å². The van der Waals surface area contributed by atoms with Gasteiger partial charge in [-0.25, -0.2) is 0 Å². The summed E-state index contributed by atoms with van der Waals surface area (Å²) in [4.78, 5) is 14.4. The Morgan fingerprint density at radius 3 is 2.75 bits per heavy atom. The van der Waals surface area contributed by atoms with Crippen LogP contribution >= 0.6 is 11.8 Å². The van der Waals surface area contributed by atoms with Crippen molar-refractivity contribution in [3.8, 4) is 17.5 Å². The molecule has 7 nitrogen and oxygen atoms in total. The third-order valence-corrected chi connectivity index (χ3v) is 5.11. The fourth-order valence-electron chi connectivity index (χ4n) is 2.77. The highest BCUT2D eigenvalue weighted by Crippen LogP contribution is 2.24. The van der Waals surface area contributed by atoms with Crippen LogP contribution in [-0.2, 0) is 17.9 Å². The second kappa shape index (κ2) is 9.76. The zero-order valence-corrected chi connectivity index (χ0v) is 16.4. The summed E-state index contributed by atoms with van der Waals surface area (Å²) in [6.07, 6.45) is 1.85. The van der Waals surface area contributed by atoms with Crippen molar-refractivity contribution in [2.75, 3.05) is 12.3 Å². The molecule has 1 amide bonds. The van der Waals surface area contributed by atoms with Gasteiger partial charge >= 0.3 is 0 Å². The van der Waals surface area contributed by atoms with Crippen LogP contribution in [0.1, 0.15) is 19.1 Å². The lowest BCUT2D eigenvalue weighted by Gasteiger charge is -2.20. The SMILES string of the molecule is CCn1c(SCC(=O)N(CCC#N)Cc2ccco2)nnc1-c1ccccc1. The molecular weight excluding hydrogens is 374 g/mol. The average Bonchev–Trinajstić information content (AvgIpc) is 3.39. The molecule has 0 unspecified atom stereocenters. The van der Waals surface area contributed by atoms with Gasteiger partial charge in [0.05, 0.1) is 31.1 Å². The van der Waals surface area contributed by atoms with Crippen LogP contribution in [0, 0.1) is 11.3 Å². The molecule has 0 N–H and O–H groups in total. The maximum Gasteiger partial charge on any atom is 0.233 e. The molecule has 3 aromatic rings. The van der Waals surface area contributed by atoms with E-state index in [1.807, 2.05) is 47.9 Å². The zero-order chi connectivity index (χ0) is 19.8. The molecule has 0 bridgehead atoms. The van der Waals surface area contributed by atoms with Crippen molar-refractivity contribution >= 4 is 17.7 Å². The molecule has 1 aromatic carbocycles. The van der Waals surface area contributed by atoms with Gasteiger partial charge in [0.25, 0.3) is 0 Å². The van der Waals surface area contributed by atoms with Crippen molar-refractivity contribution in [1.82, 2.24) is 19.7 Å². The molecular formula is C20H21N5O2S. The predicted octanol–water partition coefficient (Wildman–Crippen LogP) is 3.59. The zero-order valence-electron chi connectivity index (χ0n) is 15.6. The molecule has 0 spiro atoms. The summed E-state index contributed by atoms with van der Waals surface area (Å²) in [5.41, 5.74) is 0.989. The lowest BCUT2D eigenvalue weighted by Crippen LogP contribution is -2.32. The van der Waals surface area contributed by atoms with Crippen LogP contribution in [0.3, 0.4) is 0 Å². The van der Waals surface area contributed by atoms with Crippen molar-refractivity contribution in [3.05, 3.63) is 54.5 Å². The van der Waals surface area contributed by atoms with Crippen molar-refractivity contribution in [2.45, 2.75) is 31.6 Å². The van der Waals surface area contributed by atoms with Crippen LogP contribution in [0.5, 0.6) is 0 Å². The summed E-state index contributed by atoms with van der Waals surface area (Å²) in [5.74, 6) is 1.64. The number of carbonyl (C=O) groups is 1. The van der Waals surface area contributed by atoms with Gasteiger partial charge in [0.2, 0.25) is 5.91 Å². The number of aromatic nitrogens is 3. The molecule has 2 aromatic heterocycles. The fourth-order valence-corrected chi connectivity index (χ4v) is 3.67. The quantitative estimate of drug-likeness (QED) is 0.515. The minimum atomic E-state index is -0.0661. The highest BCUT2D eigenvalue weighted by molar-refractivity contribution is 7.99. The summed E-state index contributed by atoms with van der Waals surface area (Å²) in [7, 11) is 0. The molecule has 0 saturated carbocycles. The molecule has 0 fully saturated rings. The molecule has 2 heterocycles. The van der Waals surface area contributed by atoms with Gasteiger partial charge in [-0.1, -0.05) is 42.1 Å². The number of rotatable bonds is 9. The largest absolute Gasteiger partial charge is 0.467 e. The molecule has 0 saturated heterocycles. The van der Waals surface area contributed by atoms with Gasteiger partial charge in [-0.3, -0.25) is 4.79 Å². The van der Waals surface area contributed by atoms with Crippen LogP contribution in [0.4, 0.5) is 0 Å². The highest BCUT2D eigenvalue weighted by atomic mass is 32.2. The van der Waals surface area contributed by atoms with Crippen molar-refractivity contribution in [2.24, 2.45) is 0 Å². The van der Waals surface area contributed by atoms with Crippen LogP contribution in [0.25, 0.3) is 11.4 Å². The van der Waals surface area contributed by atoms with Gasteiger partial charge in [0.1, 0.15) is 5.76 Å². The Bertz CT molecular complexity index is 931. The van der Waals surface area contributed by atoms with E-state index >= 15 is 0 Å². The minimum Gasteiger partial charge on any atom is -0.467 e. The topological polar surface area (TPSA) is 88.0 Å². The van der Waals surface area contributed by atoms with E-state index in [0.717, 1.165) is 11.4 Å². The monoisotopic (exact) mass is 395 g/mol. The molecule has 0 atom stereocenters. The van der Waals surface area contributed by atoms with E-state index in [-0.39, 0.29) is 18.1 Å². The van der Waals surface area contributed by atoms with Gasteiger partial charge in [-0.15, -0.1) is 10.2 Å². The molecule has 0 aliphatic carbocycles. The Balaban J connectivity index is 1.68. The molecule has 8 heteroatoms. The van der Waals surface area contributed by atoms with Gasteiger partial charge in [-0.05, 0) is 19.1 Å². The van der Waals surface area contributed by atoms with E-state index in [2.05, 4.69) is 16.3 Å². The first-order valence-electron chi connectivity index (χ1n) is 9.01. The third kappa shape index (κ3) is 4.81. The Kier molecular flexibility index (Phi) is 6.87. The lowest BCUT2D eigenvalue weighted by atomic mass is 10.2. The number of benzene rings is 1. The van der Waals surface area contributed by atoms with Gasteiger partial charge in [0, 0.05) is 18.7 Å². The first-order chi connectivity index (χ1) is 13.7. The first-order valence-corrected chi connectivity index (χ1v) is 10.00. The normalized spacial score (nSPS) is 10.6. The van der Waals surface area contributed by atoms with Gasteiger partial charge < -0.3 is 13.9 Å². The number of thioether (sulfide) groups is 1. The highest BCUT2D eigenvalue weighted by Gasteiger charge is 2.18. The van der Waals surface area contributed by atoms with E-state index in [9.17, 15) is 4.79 Å². The van der Waals surface area contributed by atoms with E-state index in [1.54, 1.807) is 17.2 Å². The number of carbonyl (C=O) groups excluding carboxylic acids is 1. The summed E-state index contributed by atoms with van der Waals surface area (Å²) in [5, 5.41) is 18.1. The van der Waals surface area contributed by atoms with Crippen molar-refractivity contribution in [3.63, 3.8) is 0 Å². The minimum absolute atomic E-state index is 0.0661. The number of amides is 1. The van der Waals surface area contributed by atoms with Gasteiger partial charge in [-0.2, -0.15) is 5.26 Å². The predicted molar refractivity (Wildman–Crippen MR) is 106 cm³/mol. The maximum atomic E-state index is 12.7. The number of nitriles is 1. The Hall–Kier alpha value is -3.05. The number of hydrogen-bond acceptors (Lipinski definition) is 6. The van der Waals surface area contributed by atoms with E-state index in [4.69, 9.17) is 9.68 Å². The van der Waals surface area contributed by atoms with E-state index < -0.39 is 0 Å². The molecule has 28 heavy (non-hydrogen) atoms. The van der Waals surface area contributed by atoms with Crippen molar-refractivity contribution in [1.29, 1.82) is 5.26 Å². The third-order valence-electron chi connectivity index (χ3n) is 4.16. The average molecular weight is 395 g/mol. The van der Waals surface area contributed by atoms with Crippen LogP contribution in [-0.4, -0.2) is 37.9 Å². The summed E-state index contributed by atoms with van der Waals surface area (Å²) in [6, 6.07) is 15.5. The Morgan fingerprint density at radius 1 is 1.25 bits per heavy atom. The van der Waals surface area contributed by atoms with E-state index in [1.165, 1.54) is 11.8 Å². The smallest absolute Gasteiger partial charge is 0.233 e. The molecule has 144 valence electrons. The lowest BCUT2D eigenvalue weighted by molar-refractivity contribution is -0.129. The van der Waals surface area contributed by atoms with Crippen molar-refractivity contribution < 1.29 is 9.21 Å². The number of hydrogen-bond donors (Lipinski definition) is 0. The second-order valence-electron chi connectivity index (χ2n) is 6.01. The molecule has 3 rings (SSSR count). The van der Waals surface area contributed by atoms with Crippen LogP contribution in [0.2, 0.25) is 0 Å².